The number of aryl methyl sites for hydroxylation is 2. The maximum Gasteiger partial charge on any atom is 0.221 e. The molecule has 3 heterocycles. The minimum atomic E-state index is 0.153. The highest BCUT2D eigenvalue weighted by Gasteiger charge is 2.19. The Morgan fingerprint density at radius 2 is 2.00 bits per heavy atom. The summed E-state index contributed by atoms with van der Waals surface area (Å²) < 4.78 is 7.35. The van der Waals surface area contributed by atoms with Gasteiger partial charge in [0, 0.05) is 36.1 Å². The van der Waals surface area contributed by atoms with E-state index in [4.69, 9.17) is 10.5 Å². The van der Waals surface area contributed by atoms with Crippen molar-refractivity contribution in [2.75, 3.05) is 18.2 Å². The van der Waals surface area contributed by atoms with Crippen LogP contribution in [0.5, 0.6) is 5.75 Å². The Balaban J connectivity index is 1.85. The molecule has 4 aromatic rings. The van der Waals surface area contributed by atoms with E-state index in [0.717, 1.165) is 16.8 Å². The van der Waals surface area contributed by atoms with Gasteiger partial charge in [0.2, 0.25) is 5.95 Å². The monoisotopic (exact) mass is 377 g/mol. The van der Waals surface area contributed by atoms with Crippen LogP contribution in [0.3, 0.4) is 0 Å². The van der Waals surface area contributed by atoms with Gasteiger partial charge < -0.3 is 15.8 Å². The zero-order valence-electron chi connectivity index (χ0n) is 15.6. The van der Waals surface area contributed by atoms with Crippen LogP contribution in [-0.2, 0) is 7.05 Å². The average Bonchev–Trinajstić information content (AvgIpc) is 3.29. The Morgan fingerprint density at radius 1 is 1.18 bits per heavy atom. The van der Waals surface area contributed by atoms with Gasteiger partial charge in [-0.05, 0) is 13.0 Å². The SMILES string of the molecule is COc1c(-c2ncn(C)n2)cccc1-c1cnc(N)nc1Nc1cc(C)[nH]n1. The first-order valence-corrected chi connectivity index (χ1v) is 8.50. The number of benzene rings is 1. The second-order valence-electron chi connectivity index (χ2n) is 6.18. The molecule has 0 saturated heterocycles. The Kier molecular flexibility index (Phi) is 4.36. The molecule has 0 unspecified atom stereocenters. The summed E-state index contributed by atoms with van der Waals surface area (Å²) in [5.74, 6) is 2.47. The maximum atomic E-state index is 5.81. The summed E-state index contributed by atoms with van der Waals surface area (Å²) in [7, 11) is 3.42. The number of aromatic amines is 1. The van der Waals surface area contributed by atoms with Crippen LogP contribution in [-0.4, -0.2) is 42.0 Å². The van der Waals surface area contributed by atoms with Gasteiger partial charge in [-0.1, -0.05) is 12.1 Å². The van der Waals surface area contributed by atoms with Gasteiger partial charge in [-0.2, -0.15) is 15.2 Å². The van der Waals surface area contributed by atoms with E-state index in [1.165, 1.54) is 0 Å². The van der Waals surface area contributed by atoms with Crippen molar-refractivity contribution in [3.63, 3.8) is 0 Å². The Hall–Kier alpha value is -3.95. The number of hydrogen-bond donors (Lipinski definition) is 3. The van der Waals surface area contributed by atoms with Crippen LogP contribution in [0.4, 0.5) is 17.6 Å². The highest BCUT2D eigenvalue weighted by Crippen LogP contribution is 2.40. The van der Waals surface area contributed by atoms with Gasteiger partial charge in [-0.15, -0.1) is 0 Å². The van der Waals surface area contributed by atoms with Gasteiger partial charge in [-0.3, -0.25) is 9.78 Å². The van der Waals surface area contributed by atoms with Crippen LogP contribution in [0, 0.1) is 6.92 Å². The lowest BCUT2D eigenvalue weighted by molar-refractivity contribution is 0.417. The summed E-state index contributed by atoms with van der Waals surface area (Å²) in [6.45, 7) is 1.92. The number of nitrogens with two attached hydrogens (primary N) is 1. The van der Waals surface area contributed by atoms with Crippen molar-refractivity contribution in [1.29, 1.82) is 0 Å². The molecule has 0 fully saturated rings. The molecule has 28 heavy (non-hydrogen) atoms. The molecule has 3 aromatic heterocycles. The summed E-state index contributed by atoms with van der Waals surface area (Å²) in [4.78, 5) is 12.8. The molecule has 0 radical (unpaired) electrons. The van der Waals surface area contributed by atoms with E-state index in [-0.39, 0.29) is 5.95 Å². The fourth-order valence-electron chi connectivity index (χ4n) is 2.90. The number of rotatable bonds is 5. The molecule has 0 aliphatic carbocycles. The number of aromatic nitrogens is 7. The number of anilines is 3. The Labute approximate surface area is 160 Å². The lowest BCUT2D eigenvalue weighted by Gasteiger charge is -2.15. The summed E-state index contributed by atoms with van der Waals surface area (Å²) in [5, 5.41) is 14.6. The topological polar surface area (TPSA) is 132 Å². The van der Waals surface area contributed by atoms with Crippen molar-refractivity contribution in [2.45, 2.75) is 6.92 Å². The highest BCUT2D eigenvalue weighted by atomic mass is 16.5. The number of para-hydroxylation sites is 1. The van der Waals surface area contributed by atoms with Crippen molar-refractivity contribution in [3.05, 3.63) is 42.5 Å². The number of nitrogen functional groups attached to an aromatic ring is 1. The number of methoxy groups -OCH3 is 1. The first-order valence-electron chi connectivity index (χ1n) is 8.50. The van der Waals surface area contributed by atoms with E-state index in [1.807, 2.05) is 38.2 Å². The molecule has 10 nitrogen and oxygen atoms in total. The maximum absolute atomic E-state index is 5.81. The molecule has 0 aliphatic rings. The van der Waals surface area contributed by atoms with Gasteiger partial charge in [0.15, 0.2) is 11.6 Å². The molecule has 10 heteroatoms. The van der Waals surface area contributed by atoms with Crippen molar-refractivity contribution in [3.8, 4) is 28.3 Å². The second kappa shape index (κ2) is 6.99. The largest absolute Gasteiger partial charge is 0.495 e. The van der Waals surface area contributed by atoms with E-state index in [9.17, 15) is 0 Å². The molecule has 0 amide bonds. The van der Waals surface area contributed by atoms with Crippen LogP contribution < -0.4 is 15.8 Å². The van der Waals surface area contributed by atoms with Gasteiger partial charge in [0.25, 0.3) is 0 Å². The van der Waals surface area contributed by atoms with E-state index >= 15 is 0 Å². The lowest BCUT2D eigenvalue weighted by Crippen LogP contribution is -2.03. The zero-order chi connectivity index (χ0) is 19.7. The van der Waals surface area contributed by atoms with Crippen LogP contribution in [0.1, 0.15) is 5.69 Å². The standard InChI is InChI=1S/C18H19N9O/c1-10-7-14(25-24-10)22-17-13(8-20-18(19)23-17)11-5-4-6-12(15(11)28-3)16-21-9-27(2)26-16/h4-9H,1-3H3,(H4,19,20,22,23,24,25). The third-order valence-corrected chi connectivity index (χ3v) is 4.11. The smallest absolute Gasteiger partial charge is 0.221 e. The van der Waals surface area contributed by atoms with Crippen molar-refractivity contribution in [1.82, 2.24) is 34.9 Å². The predicted molar refractivity (Wildman–Crippen MR) is 105 cm³/mol. The van der Waals surface area contributed by atoms with E-state index in [2.05, 4.69) is 35.6 Å². The predicted octanol–water partition coefficient (Wildman–Crippen LogP) is 2.31. The lowest BCUT2D eigenvalue weighted by atomic mass is 10.0. The first kappa shape index (κ1) is 17.5. The third-order valence-electron chi connectivity index (χ3n) is 4.11. The van der Waals surface area contributed by atoms with Gasteiger partial charge >= 0.3 is 0 Å². The van der Waals surface area contributed by atoms with Crippen LogP contribution in [0.15, 0.2) is 36.8 Å². The van der Waals surface area contributed by atoms with Crippen molar-refractivity contribution in [2.24, 2.45) is 7.05 Å². The quantitative estimate of drug-likeness (QED) is 0.482. The number of H-pyrrole nitrogens is 1. The number of nitrogens with zero attached hydrogens (tertiary/aromatic N) is 6. The fraction of sp³-hybridized carbons (Fsp3) is 0.167. The average molecular weight is 377 g/mol. The molecule has 0 aliphatic heterocycles. The molecule has 0 bridgehead atoms. The zero-order valence-corrected chi connectivity index (χ0v) is 15.6. The third kappa shape index (κ3) is 3.22. The molecule has 4 N–H and O–H groups in total. The molecule has 4 rings (SSSR count). The molecular formula is C18H19N9O. The van der Waals surface area contributed by atoms with Gasteiger partial charge in [-0.25, -0.2) is 9.97 Å². The Bertz CT molecular complexity index is 1130. The minimum absolute atomic E-state index is 0.153. The summed E-state index contributed by atoms with van der Waals surface area (Å²) in [6.07, 6.45) is 3.29. The molecular weight excluding hydrogens is 358 g/mol. The highest BCUT2D eigenvalue weighted by molar-refractivity contribution is 5.86. The van der Waals surface area contributed by atoms with Gasteiger partial charge in [0.1, 0.15) is 17.9 Å². The molecule has 0 atom stereocenters. The summed E-state index contributed by atoms with van der Waals surface area (Å²) in [6, 6.07) is 7.59. The van der Waals surface area contributed by atoms with E-state index in [0.29, 0.717) is 28.8 Å². The number of nitrogens with one attached hydrogen (secondary N) is 2. The first-order chi connectivity index (χ1) is 13.5. The van der Waals surface area contributed by atoms with Crippen molar-refractivity contribution >= 4 is 17.6 Å². The molecule has 0 spiro atoms. The van der Waals surface area contributed by atoms with Crippen LogP contribution >= 0.6 is 0 Å². The normalized spacial score (nSPS) is 10.8. The van der Waals surface area contributed by atoms with Crippen LogP contribution in [0.2, 0.25) is 0 Å². The van der Waals surface area contributed by atoms with Crippen LogP contribution in [0.25, 0.3) is 22.5 Å². The number of hydrogen-bond acceptors (Lipinski definition) is 8. The second-order valence-corrected chi connectivity index (χ2v) is 6.18. The van der Waals surface area contributed by atoms with E-state index < -0.39 is 0 Å². The molecule has 1 aromatic carbocycles. The molecule has 0 saturated carbocycles. The van der Waals surface area contributed by atoms with E-state index in [1.54, 1.807) is 24.3 Å². The van der Waals surface area contributed by atoms with Crippen molar-refractivity contribution < 1.29 is 4.74 Å². The Morgan fingerprint density at radius 3 is 2.68 bits per heavy atom. The summed E-state index contributed by atoms with van der Waals surface area (Å²) in [5.41, 5.74) is 8.99. The van der Waals surface area contributed by atoms with Gasteiger partial charge in [0.05, 0.1) is 12.7 Å². The molecule has 142 valence electrons. The fourth-order valence-corrected chi connectivity index (χ4v) is 2.90. The number of ether oxygens (including phenoxy) is 1. The minimum Gasteiger partial charge on any atom is -0.495 e. The summed E-state index contributed by atoms with van der Waals surface area (Å²) >= 11 is 0.